The molecule has 0 saturated heterocycles. The molecule has 2 aromatic rings. The van der Waals surface area contributed by atoms with Crippen molar-refractivity contribution >= 4 is 11.0 Å². The van der Waals surface area contributed by atoms with E-state index in [1.165, 1.54) is 35.8 Å². The van der Waals surface area contributed by atoms with E-state index in [1.807, 2.05) is 12.1 Å². The summed E-state index contributed by atoms with van der Waals surface area (Å²) in [6.07, 6.45) is 7.73. The molecule has 0 spiro atoms. The second-order valence-corrected chi connectivity index (χ2v) is 5.42. The van der Waals surface area contributed by atoms with Gasteiger partial charge in [-0.1, -0.05) is 13.3 Å². The Balaban J connectivity index is 2.39. The SMILES string of the molecule is CCCc1c2c(cc3c(=O)c(C#N)coc13)CCCC2. The van der Waals surface area contributed by atoms with Crippen LogP contribution in [0.4, 0.5) is 0 Å². The summed E-state index contributed by atoms with van der Waals surface area (Å²) in [5.74, 6) is 0. The van der Waals surface area contributed by atoms with Gasteiger partial charge < -0.3 is 4.42 Å². The number of nitrogens with zero attached hydrogens (tertiary/aromatic N) is 1. The molecule has 0 aliphatic heterocycles. The van der Waals surface area contributed by atoms with Crippen LogP contribution in [0, 0.1) is 11.3 Å². The van der Waals surface area contributed by atoms with Crippen LogP contribution < -0.4 is 5.43 Å². The van der Waals surface area contributed by atoms with Gasteiger partial charge in [0.25, 0.3) is 0 Å². The third kappa shape index (κ3) is 1.92. The number of hydrogen-bond acceptors (Lipinski definition) is 3. The minimum Gasteiger partial charge on any atom is -0.462 e. The summed E-state index contributed by atoms with van der Waals surface area (Å²) in [5, 5.41) is 9.56. The Morgan fingerprint density at radius 1 is 1.35 bits per heavy atom. The maximum absolute atomic E-state index is 12.3. The van der Waals surface area contributed by atoms with Crippen molar-refractivity contribution in [3.8, 4) is 6.07 Å². The fourth-order valence-corrected chi connectivity index (χ4v) is 3.18. The van der Waals surface area contributed by atoms with Crippen LogP contribution in [-0.2, 0) is 19.3 Å². The van der Waals surface area contributed by atoms with Crippen molar-refractivity contribution in [3.05, 3.63) is 44.8 Å². The number of hydrogen-bond donors (Lipinski definition) is 0. The Morgan fingerprint density at radius 3 is 2.90 bits per heavy atom. The van der Waals surface area contributed by atoms with Gasteiger partial charge in [0.05, 0.1) is 5.39 Å². The smallest absolute Gasteiger partial charge is 0.210 e. The number of nitriles is 1. The molecule has 0 unspecified atom stereocenters. The van der Waals surface area contributed by atoms with Crippen molar-refractivity contribution in [2.24, 2.45) is 0 Å². The lowest BCUT2D eigenvalue weighted by Crippen LogP contribution is -2.12. The zero-order valence-electron chi connectivity index (χ0n) is 11.7. The van der Waals surface area contributed by atoms with Gasteiger partial charge in [0.15, 0.2) is 0 Å². The Kier molecular flexibility index (Phi) is 3.31. The highest BCUT2D eigenvalue weighted by Gasteiger charge is 2.19. The van der Waals surface area contributed by atoms with Crippen molar-refractivity contribution < 1.29 is 4.42 Å². The minimum absolute atomic E-state index is 0.0932. The molecule has 3 rings (SSSR count). The van der Waals surface area contributed by atoms with Gasteiger partial charge >= 0.3 is 0 Å². The lowest BCUT2D eigenvalue weighted by Gasteiger charge is -2.20. The van der Waals surface area contributed by atoms with Crippen molar-refractivity contribution in [3.63, 3.8) is 0 Å². The van der Waals surface area contributed by atoms with Gasteiger partial charge in [0, 0.05) is 0 Å². The van der Waals surface area contributed by atoms with Gasteiger partial charge in [-0.3, -0.25) is 4.79 Å². The molecule has 3 heteroatoms. The average Bonchev–Trinajstić information content (AvgIpc) is 2.48. The van der Waals surface area contributed by atoms with E-state index < -0.39 is 0 Å². The first-order valence-corrected chi connectivity index (χ1v) is 7.25. The van der Waals surface area contributed by atoms with E-state index in [0.29, 0.717) is 11.0 Å². The van der Waals surface area contributed by atoms with Crippen LogP contribution in [0.25, 0.3) is 11.0 Å². The van der Waals surface area contributed by atoms with E-state index >= 15 is 0 Å². The topological polar surface area (TPSA) is 54.0 Å². The molecule has 0 saturated carbocycles. The molecular formula is C17H17NO2. The number of fused-ring (bicyclic) bond motifs is 2. The second-order valence-electron chi connectivity index (χ2n) is 5.42. The van der Waals surface area contributed by atoms with Crippen molar-refractivity contribution in [1.82, 2.24) is 0 Å². The molecule has 0 radical (unpaired) electrons. The molecule has 0 amide bonds. The summed E-state index contributed by atoms with van der Waals surface area (Å²) >= 11 is 0. The molecule has 1 heterocycles. The van der Waals surface area contributed by atoms with E-state index in [-0.39, 0.29) is 11.0 Å². The molecule has 0 atom stereocenters. The van der Waals surface area contributed by atoms with E-state index in [9.17, 15) is 4.79 Å². The Hall–Kier alpha value is -2.08. The molecular weight excluding hydrogens is 250 g/mol. The standard InChI is InChI=1S/C17H17NO2/c1-2-5-14-13-7-4-3-6-11(13)8-15-16(19)12(9-18)10-20-17(14)15/h8,10H,2-7H2,1H3. The molecule has 0 fully saturated rings. The summed E-state index contributed by atoms with van der Waals surface area (Å²) in [6, 6.07) is 3.87. The first kappa shape index (κ1) is 12.9. The summed E-state index contributed by atoms with van der Waals surface area (Å²) in [4.78, 5) is 12.3. The Morgan fingerprint density at radius 2 is 2.15 bits per heavy atom. The maximum Gasteiger partial charge on any atom is 0.210 e. The van der Waals surface area contributed by atoms with Gasteiger partial charge in [-0.2, -0.15) is 5.26 Å². The van der Waals surface area contributed by atoms with Crippen LogP contribution in [0.2, 0.25) is 0 Å². The highest BCUT2D eigenvalue weighted by molar-refractivity contribution is 5.83. The minimum atomic E-state index is -0.195. The van der Waals surface area contributed by atoms with E-state index in [2.05, 4.69) is 6.92 Å². The molecule has 1 aliphatic rings. The van der Waals surface area contributed by atoms with Crippen molar-refractivity contribution in [2.45, 2.75) is 45.4 Å². The molecule has 3 nitrogen and oxygen atoms in total. The third-order valence-corrected chi connectivity index (χ3v) is 4.12. The van der Waals surface area contributed by atoms with Gasteiger partial charge in [-0.05, 0) is 54.9 Å². The monoisotopic (exact) mass is 267 g/mol. The van der Waals surface area contributed by atoms with Crippen LogP contribution in [-0.4, -0.2) is 0 Å². The summed E-state index contributed by atoms with van der Waals surface area (Å²) in [5.41, 5.74) is 4.42. The van der Waals surface area contributed by atoms with Crippen molar-refractivity contribution in [2.75, 3.05) is 0 Å². The summed E-state index contributed by atoms with van der Waals surface area (Å²) < 4.78 is 5.64. The zero-order valence-corrected chi connectivity index (χ0v) is 11.7. The first-order valence-electron chi connectivity index (χ1n) is 7.25. The van der Waals surface area contributed by atoms with Crippen LogP contribution in [0.5, 0.6) is 0 Å². The lowest BCUT2D eigenvalue weighted by atomic mass is 9.85. The first-order chi connectivity index (χ1) is 9.76. The molecule has 0 N–H and O–H groups in total. The maximum atomic E-state index is 12.3. The fraction of sp³-hybridized carbons (Fsp3) is 0.412. The van der Waals surface area contributed by atoms with Gasteiger partial charge in [-0.25, -0.2) is 0 Å². The second kappa shape index (κ2) is 5.13. The van der Waals surface area contributed by atoms with Crippen LogP contribution in [0.15, 0.2) is 21.5 Å². The number of rotatable bonds is 2. The van der Waals surface area contributed by atoms with Crippen molar-refractivity contribution in [1.29, 1.82) is 5.26 Å². The van der Waals surface area contributed by atoms with E-state index in [4.69, 9.17) is 9.68 Å². The fourth-order valence-electron chi connectivity index (χ4n) is 3.18. The molecule has 1 aromatic heterocycles. The molecule has 0 bridgehead atoms. The van der Waals surface area contributed by atoms with Gasteiger partial charge in [0.1, 0.15) is 23.5 Å². The largest absolute Gasteiger partial charge is 0.462 e. The highest BCUT2D eigenvalue weighted by atomic mass is 16.3. The van der Waals surface area contributed by atoms with E-state index in [0.717, 1.165) is 25.7 Å². The molecule has 1 aliphatic carbocycles. The lowest BCUT2D eigenvalue weighted by molar-refractivity contribution is 0.589. The number of aryl methyl sites for hydroxylation is 2. The van der Waals surface area contributed by atoms with Gasteiger partial charge in [-0.15, -0.1) is 0 Å². The Bertz CT molecular complexity index is 765. The third-order valence-electron chi connectivity index (χ3n) is 4.12. The van der Waals surface area contributed by atoms with Crippen LogP contribution >= 0.6 is 0 Å². The average molecular weight is 267 g/mol. The van der Waals surface area contributed by atoms with Crippen LogP contribution in [0.1, 0.15) is 48.4 Å². The summed E-state index contributed by atoms with van der Waals surface area (Å²) in [7, 11) is 0. The number of benzene rings is 1. The summed E-state index contributed by atoms with van der Waals surface area (Å²) in [6.45, 7) is 2.13. The van der Waals surface area contributed by atoms with Gasteiger partial charge in [0.2, 0.25) is 5.43 Å². The zero-order chi connectivity index (χ0) is 14.1. The van der Waals surface area contributed by atoms with Crippen LogP contribution in [0.3, 0.4) is 0 Å². The molecule has 1 aromatic carbocycles. The predicted molar refractivity (Wildman–Crippen MR) is 77.8 cm³/mol. The predicted octanol–water partition coefficient (Wildman–Crippen LogP) is 3.50. The van der Waals surface area contributed by atoms with E-state index in [1.54, 1.807) is 0 Å². The quantitative estimate of drug-likeness (QED) is 0.836. The Labute approximate surface area is 117 Å². The molecule has 102 valence electrons. The highest BCUT2D eigenvalue weighted by Crippen LogP contribution is 2.31. The normalized spacial score (nSPS) is 14.0. The molecule has 20 heavy (non-hydrogen) atoms.